The Bertz CT molecular complexity index is 273. The zero-order valence-corrected chi connectivity index (χ0v) is 10.5. The van der Waals surface area contributed by atoms with Crippen molar-refractivity contribution in [1.29, 1.82) is 0 Å². The fourth-order valence-corrected chi connectivity index (χ4v) is 3.12. The van der Waals surface area contributed by atoms with Gasteiger partial charge < -0.3 is 10.6 Å². The number of carbonyl (C=O) groups is 1. The molecular weight excluding hydrogens is 200 g/mol. The summed E-state index contributed by atoms with van der Waals surface area (Å²) in [6, 6.07) is 0.882. The first-order valence-corrected chi connectivity index (χ1v) is 6.66. The lowest BCUT2D eigenvalue weighted by atomic mass is 9.75. The molecule has 2 N–H and O–H groups in total. The van der Waals surface area contributed by atoms with E-state index in [4.69, 9.17) is 5.73 Å². The van der Waals surface area contributed by atoms with E-state index in [-0.39, 0.29) is 5.54 Å². The standard InChI is InChI=1S/C13H24N2O/c1-3-11-6-5-10(2)15(11)12(16)9-13(14)7-4-8-13/h10-11H,3-9,14H2,1-2H3. The van der Waals surface area contributed by atoms with Gasteiger partial charge >= 0.3 is 0 Å². The number of nitrogens with two attached hydrogens (primary N) is 1. The summed E-state index contributed by atoms with van der Waals surface area (Å²) in [5.41, 5.74) is 5.99. The maximum atomic E-state index is 12.3. The minimum atomic E-state index is -0.169. The molecule has 1 saturated carbocycles. The molecule has 1 aliphatic heterocycles. The molecule has 0 spiro atoms. The Labute approximate surface area is 98.4 Å². The molecule has 1 heterocycles. The summed E-state index contributed by atoms with van der Waals surface area (Å²) in [4.78, 5) is 14.4. The van der Waals surface area contributed by atoms with Crippen LogP contribution in [0.2, 0.25) is 0 Å². The van der Waals surface area contributed by atoms with Gasteiger partial charge in [-0.25, -0.2) is 0 Å². The van der Waals surface area contributed by atoms with Gasteiger partial charge in [-0.1, -0.05) is 6.92 Å². The monoisotopic (exact) mass is 224 g/mol. The Kier molecular flexibility index (Phi) is 3.24. The molecule has 0 radical (unpaired) electrons. The van der Waals surface area contributed by atoms with Gasteiger partial charge in [0.05, 0.1) is 0 Å². The molecule has 1 aliphatic carbocycles. The van der Waals surface area contributed by atoms with E-state index < -0.39 is 0 Å². The van der Waals surface area contributed by atoms with Crippen LogP contribution >= 0.6 is 0 Å². The lowest BCUT2D eigenvalue weighted by Crippen LogP contribution is -2.52. The van der Waals surface area contributed by atoms with Crippen LogP contribution in [0.4, 0.5) is 0 Å². The van der Waals surface area contributed by atoms with Crippen molar-refractivity contribution in [2.24, 2.45) is 5.73 Å². The van der Waals surface area contributed by atoms with Gasteiger partial charge in [-0.2, -0.15) is 0 Å². The lowest BCUT2D eigenvalue weighted by Gasteiger charge is -2.40. The van der Waals surface area contributed by atoms with Crippen LogP contribution < -0.4 is 5.73 Å². The van der Waals surface area contributed by atoms with E-state index in [0.717, 1.165) is 25.7 Å². The van der Waals surface area contributed by atoms with Crippen LogP contribution in [0, 0.1) is 0 Å². The van der Waals surface area contributed by atoms with Crippen LogP contribution in [0.25, 0.3) is 0 Å². The molecule has 2 fully saturated rings. The summed E-state index contributed by atoms with van der Waals surface area (Å²) in [7, 11) is 0. The number of hydrogen-bond donors (Lipinski definition) is 1. The second-order valence-electron chi connectivity index (χ2n) is 5.68. The van der Waals surface area contributed by atoms with Crippen molar-refractivity contribution < 1.29 is 4.79 Å². The highest BCUT2D eigenvalue weighted by atomic mass is 16.2. The van der Waals surface area contributed by atoms with Crippen LogP contribution in [0.15, 0.2) is 0 Å². The average molecular weight is 224 g/mol. The molecule has 0 aromatic rings. The second kappa shape index (κ2) is 4.36. The lowest BCUT2D eigenvalue weighted by molar-refractivity contribution is -0.136. The van der Waals surface area contributed by atoms with E-state index in [1.54, 1.807) is 0 Å². The van der Waals surface area contributed by atoms with Crippen molar-refractivity contribution in [2.75, 3.05) is 0 Å². The molecule has 2 aliphatic rings. The Hall–Kier alpha value is -0.570. The number of nitrogens with zero attached hydrogens (tertiary/aromatic N) is 1. The molecule has 0 bridgehead atoms. The van der Waals surface area contributed by atoms with Gasteiger partial charge in [0.25, 0.3) is 0 Å². The quantitative estimate of drug-likeness (QED) is 0.797. The minimum absolute atomic E-state index is 0.169. The van der Waals surface area contributed by atoms with Gasteiger partial charge in [-0.05, 0) is 45.4 Å². The number of amides is 1. The van der Waals surface area contributed by atoms with Crippen LogP contribution in [-0.2, 0) is 4.79 Å². The summed E-state index contributed by atoms with van der Waals surface area (Å²) in [5.74, 6) is 0.291. The fourth-order valence-electron chi connectivity index (χ4n) is 3.12. The van der Waals surface area contributed by atoms with Crippen molar-refractivity contribution >= 4 is 5.91 Å². The molecule has 2 atom stereocenters. The van der Waals surface area contributed by atoms with E-state index in [1.807, 2.05) is 0 Å². The maximum Gasteiger partial charge on any atom is 0.224 e. The van der Waals surface area contributed by atoms with Gasteiger partial charge in [-0.3, -0.25) is 4.79 Å². The molecule has 0 aromatic carbocycles. The third-order valence-corrected chi connectivity index (χ3v) is 4.40. The SMILES string of the molecule is CCC1CCC(C)N1C(=O)CC1(N)CCC1. The van der Waals surface area contributed by atoms with Gasteiger partial charge in [0, 0.05) is 24.0 Å². The largest absolute Gasteiger partial charge is 0.337 e. The highest BCUT2D eigenvalue weighted by Crippen LogP contribution is 2.35. The molecule has 2 rings (SSSR count). The van der Waals surface area contributed by atoms with Gasteiger partial charge in [-0.15, -0.1) is 0 Å². The third kappa shape index (κ3) is 2.10. The number of likely N-dealkylation sites (tertiary alicyclic amines) is 1. The van der Waals surface area contributed by atoms with Gasteiger partial charge in [0.15, 0.2) is 0 Å². The zero-order valence-electron chi connectivity index (χ0n) is 10.5. The van der Waals surface area contributed by atoms with Crippen LogP contribution in [0.5, 0.6) is 0 Å². The average Bonchev–Trinajstić information content (AvgIpc) is 2.57. The van der Waals surface area contributed by atoms with Crippen molar-refractivity contribution in [3.05, 3.63) is 0 Å². The summed E-state index contributed by atoms with van der Waals surface area (Å²) >= 11 is 0. The van der Waals surface area contributed by atoms with E-state index in [1.165, 1.54) is 12.8 Å². The minimum Gasteiger partial charge on any atom is -0.337 e. The zero-order chi connectivity index (χ0) is 11.8. The molecule has 3 heteroatoms. The number of rotatable bonds is 3. The molecule has 1 amide bonds. The topological polar surface area (TPSA) is 46.3 Å². The van der Waals surface area contributed by atoms with Gasteiger partial charge in [0.2, 0.25) is 5.91 Å². The maximum absolute atomic E-state index is 12.3. The first kappa shape index (κ1) is 11.9. The van der Waals surface area contributed by atoms with E-state index in [9.17, 15) is 4.79 Å². The molecule has 3 nitrogen and oxygen atoms in total. The van der Waals surface area contributed by atoms with Crippen LogP contribution in [0.1, 0.15) is 58.8 Å². The predicted molar refractivity (Wildman–Crippen MR) is 65.0 cm³/mol. The van der Waals surface area contributed by atoms with Crippen LogP contribution in [-0.4, -0.2) is 28.4 Å². The smallest absolute Gasteiger partial charge is 0.224 e. The molecule has 2 unspecified atom stereocenters. The van der Waals surface area contributed by atoms with Crippen molar-refractivity contribution in [3.8, 4) is 0 Å². The molecule has 16 heavy (non-hydrogen) atoms. The highest BCUT2D eigenvalue weighted by molar-refractivity contribution is 5.78. The van der Waals surface area contributed by atoms with Crippen molar-refractivity contribution in [2.45, 2.75) is 76.4 Å². The van der Waals surface area contributed by atoms with Gasteiger partial charge in [0.1, 0.15) is 0 Å². The van der Waals surface area contributed by atoms with E-state index in [2.05, 4.69) is 18.7 Å². The normalized spacial score (nSPS) is 32.6. The molecule has 0 aromatic heterocycles. The Morgan fingerprint density at radius 3 is 2.62 bits per heavy atom. The summed E-state index contributed by atoms with van der Waals surface area (Å²) in [5, 5.41) is 0. The third-order valence-electron chi connectivity index (χ3n) is 4.40. The summed E-state index contributed by atoms with van der Waals surface area (Å²) in [6.07, 6.45) is 7.20. The van der Waals surface area contributed by atoms with Crippen LogP contribution in [0.3, 0.4) is 0 Å². The molecule has 92 valence electrons. The first-order valence-electron chi connectivity index (χ1n) is 6.66. The molecular formula is C13H24N2O. The highest BCUT2D eigenvalue weighted by Gasteiger charge is 2.39. The summed E-state index contributed by atoms with van der Waals surface area (Å²) < 4.78 is 0. The Morgan fingerprint density at radius 2 is 2.12 bits per heavy atom. The Morgan fingerprint density at radius 1 is 1.44 bits per heavy atom. The van der Waals surface area contributed by atoms with E-state index >= 15 is 0 Å². The Balaban J connectivity index is 1.97. The predicted octanol–water partition coefficient (Wildman–Crippen LogP) is 2.05. The second-order valence-corrected chi connectivity index (χ2v) is 5.68. The van der Waals surface area contributed by atoms with Crippen molar-refractivity contribution in [3.63, 3.8) is 0 Å². The molecule has 1 saturated heterocycles. The first-order chi connectivity index (χ1) is 7.56. The summed E-state index contributed by atoms with van der Waals surface area (Å²) in [6.45, 7) is 4.34. The van der Waals surface area contributed by atoms with Crippen molar-refractivity contribution in [1.82, 2.24) is 4.90 Å². The number of hydrogen-bond acceptors (Lipinski definition) is 2. The van der Waals surface area contributed by atoms with E-state index in [0.29, 0.717) is 24.4 Å². The fraction of sp³-hybridized carbons (Fsp3) is 0.923. The number of carbonyl (C=O) groups excluding carboxylic acids is 1.